The summed E-state index contributed by atoms with van der Waals surface area (Å²) in [7, 11) is 0. The number of nitrogens with one attached hydrogen (secondary N) is 1. The van der Waals surface area contributed by atoms with E-state index in [0.717, 1.165) is 56.0 Å². The Labute approximate surface area is 168 Å². The summed E-state index contributed by atoms with van der Waals surface area (Å²) in [6, 6.07) is 10.4. The van der Waals surface area contributed by atoms with E-state index in [1.807, 2.05) is 32.0 Å². The summed E-state index contributed by atoms with van der Waals surface area (Å²) >= 11 is 5.33. The molecular formula is C20H26BrN3OS. The quantitative estimate of drug-likeness (QED) is 0.761. The second-order valence-corrected chi connectivity index (χ2v) is 9.47. The van der Waals surface area contributed by atoms with E-state index in [2.05, 4.69) is 43.2 Å². The average molecular weight is 436 g/mol. The first kappa shape index (κ1) is 19.5. The van der Waals surface area contributed by atoms with Gasteiger partial charge in [0.2, 0.25) is 5.91 Å². The molecule has 26 heavy (non-hydrogen) atoms. The van der Waals surface area contributed by atoms with Gasteiger partial charge in [0, 0.05) is 30.2 Å². The van der Waals surface area contributed by atoms with Crippen LogP contribution in [0.4, 0.5) is 5.69 Å². The Morgan fingerprint density at radius 1 is 1.08 bits per heavy atom. The predicted molar refractivity (Wildman–Crippen MR) is 113 cm³/mol. The number of nitrogens with zero attached hydrogens (tertiary/aromatic N) is 2. The number of aryl methyl sites for hydroxylation is 2. The van der Waals surface area contributed by atoms with Gasteiger partial charge in [0.05, 0.1) is 10.3 Å². The van der Waals surface area contributed by atoms with E-state index >= 15 is 0 Å². The van der Waals surface area contributed by atoms with Crippen molar-refractivity contribution < 1.29 is 4.79 Å². The van der Waals surface area contributed by atoms with Gasteiger partial charge in [0.15, 0.2) is 0 Å². The van der Waals surface area contributed by atoms with Crippen molar-refractivity contribution in [2.75, 3.05) is 38.0 Å². The van der Waals surface area contributed by atoms with Gasteiger partial charge >= 0.3 is 0 Å². The Morgan fingerprint density at radius 3 is 2.46 bits per heavy atom. The number of hydrogen-bond acceptors (Lipinski definition) is 4. The third-order valence-corrected chi connectivity index (χ3v) is 6.41. The molecule has 4 nitrogen and oxygen atoms in total. The molecular weight excluding hydrogens is 410 g/mol. The zero-order valence-electron chi connectivity index (χ0n) is 15.4. The fraction of sp³-hybridized carbons (Fsp3) is 0.450. The molecule has 1 aromatic carbocycles. The Bertz CT molecular complexity index is 741. The SMILES string of the molecule is Cc1cccc(C)c1NC(=O)CN1CCCN(Cc2ccc(Br)s2)CC1. The van der Waals surface area contributed by atoms with Gasteiger partial charge in [0.25, 0.3) is 0 Å². The molecule has 1 saturated heterocycles. The highest BCUT2D eigenvalue weighted by Crippen LogP contribution is 2.24. The topological polar surface area (TPSA) is 35.6 Å². The van der Waals surface area contributed by atoms with Crippen LogP contribution < -0.4 is 5.32 Å². The van der Waals surface area contributed by atoms with Gasteiger partial charge in [-0.15, -0.1) is 11.3 Å². The average Bonchev–Trinajstić information content (AvgIpc) is 2.87. The number of rotatable bonds is 5. The van der Waals surface area contributed by atoms with Crippen LogP contribution in [-0.2, 0) is 11.3 Å². The number of thiophene rings is 1. The van der Waals surface area contributed by atoms with E-state index in [9.17, 15) is 4.79 Å². The summed E-state index contributed by atoms with van der Waals surface area (Å²) < 4.78 is 1.19. The number of carbonyl (C=O) groups is 1. The van der Waals surface area contributed by atoms with E-state index in [4.69, 9.17) is 0 Å². The lowest BCUT2D eigenvalue weighted by molar-refractivity contribution is -0.117. The zero-order valence-corrected chi connectivity index (χ0v) is 17.8. The molecule has 2 heterocycles. The van der Waals surface area contributed by atoms with Gasteiger partial charge in [-0.1, -0.05) is 18.2 Å². The van der Waals surface area contributed by atoms with E-state index in [1.54, 1.807) is 11.3 Å². The summed E-state index contributed by atoms with van der Waals surface area (Å²) in [4.78, 5) is 18.6. The highest BCUT2D eigenvalue weighted by atomic mass is 79.9. The molecule has 1 aliphatic rings. The molecule has 1 amide bonds. The number of halogens is 1. The van der Waals surface area contributed by atoms with Crippen LogP contribution in [0, 0.1) is 13.8 Å². The second-order valence-electron chi connectivity index (χ2n) is 6.93. The number of benzene rings is 1. The number of anilines is 1. The molecule has 3 rings (SSSR count). The maximum Gasteiger partial charge on any atom is 0.238 e. The first-order chi connectivity index (χ1) is 12.5. The minimum Gasteiger partial charge on any atom is -0.324 e. The molecule has 0 radical (unpaired) electrons. The fourth-order valence-electron chi connectivity index (χ4n) is 3.39. The molecule has 2 aromatic rings. The first-order valence-electron chi connectivity index (χ1n) is 9.06. The number of carbonyl (C=O) groups excluding carboxylic acids is 1. The van der Waals surface area contributed by atoms with Crippen molar-refractivity contribution in [1.29, 1.82) is 0 Å². The summed E-state index contributed by atoms with van der Waals surface area (Å²) in [6.07, 6.45) is 1.10. The molecule has 0 unspecified atom stereocenters. The number of para-hydroxylation sites is 1. The molecule has 0 spiro atoms. The molecule has 1 aliphatic heterocycles. The van der Waals surface area contributed by atoms with Gasteiger partial charge in [-0.2, -0.15) is 0 Å². The minimum atomic E-state index is 0.0815. The van der Waals surface area contributed by atoms with Crippen molar-refractivity contribution in [2.24, 2.45) is 0 Å². The Hall–Kier alpha value is -1.21. The molecule has 0 bridgehead atoms. The molecule has 1 aromatic heterocycles. The molecule has 0 aliphatic carbocycles. The minimum absolute atomic E-state index is 0.0815. The first-order valence-corrected chi connectivity index (χ1v) is 10.7. The van der Waals surface area contributed by atoms with E-state index in [1.165, 1.54) is 8.66 Å². The monoisotopic (exact) mass is 435 g/mol. The third kappa shape index (κ3) is 5.39. The molecule has 0 atom stereocenters. The number of hydrogen-bond donors (Lipinski definition) is 1. The van der Waals surface area contributed by atoms with Crippen LogP contribution in [0.1, 0.15) is 22.4 Å². The summed E-state index contributed by atoms with van der Waals surface area (Å²) in [5, 5.41) is 3.10. The standard InChI is InChI=1S/C20H26BrN3OS/c1-15-5-3-6-16(2)20(15)22-19(25)14-24-10-4-9-23(11-12-24)13-17-7-8-18(21)26-17/h3,5-8H,4,9-14H2,1-2H3,(H,22,25). The molecule has 1 N–H and O–H groups in total. The highest BCUT2D eigenvalue weighted by Gasteiger charge is 2.18. The highest BCUT2D eigenvalue weighted by molar-refractivity contribution is 9.11. The van der Waals surface area contributed by atoms with E-state index < -0.39 is 0 Å². The second kappa shape index (κ2) is 9.13. The van der Waals surface area contributed by atoms with Crippen molar-refractivity contribution in [3.63, 3.8) is 0 Å². The maximum atomic E-state index is 12.5. The lowest BCUT2D eigenvalue weighted by atomic mass is 10.1. The van der Waals surface area contributed by atoms with Crippen LogP contribution in [0.3, 0.4) is 0 Å². The van der Waals surface area contributed by atoms with Crippen LogP contribution in [-0.4, -0.2) is 48.4 Å². The van der Waals surface area contributed by atoms with Crippen LogP contribution >= 0.6 is 27.3 Å². The van der Waals surface area contributed by atoms with Crippen molar-refractivity contribution in [3.05, 3.63) is 50.1 Å². The summed E-state index contributed by atoms with van der Waals surface area (Å²) in [6.45, 7) is 9.55. The smallest absolute Gasteiger partial charge is 0.238 e. The van der Waals surface area contributed by atoms with Crippen molar-refractivity contribution >= 4 is 38.9 Å². The van der Waals surface area contributed by atoms with Gasteiger partial charge < -0.3 is 5.32 Å². The third-order valence-electron chi connectivity index (χ3n) is 4.80. The molecule has 0 saturated carbocycles. The normalized spacial score (nSPS) is 16.4. The van der Waals surface area contributed by atoms with Crippen molar-refractivity contribution in [2.45, 2.75) is 26.8 Å². The lowest BCUT2D eigenvalue weighted by Gasteiger charge is -2.21. The zero-order chi connectivity index (χ0) is 18.5. The predicted octanol–water partition coefficient (Wildman–Crippen LogP) is 4.27. The van der Waals surface area contributed by atoms with Gasteiger partial charge in [-0.25, -0.2) is 0 Å². The lowest BCUT2D eigenvalue weighted by Crippen LogP contribution is -2.36. The van der Waals surface area contributed by atoms with Gasteiger partial charge in [-0.05, 0) is 72.5 Å². The Kier molecular flexibility index (Phi) is 6.86. The van der Waals surface area contributed by atoms with Crippen LogP contribution in [0.2, 0.25) is 0 Å². The molecule has 140 valence electrons. The maximum absolute atomic E-state index is 12.5. The summed E-state index contributed by atoms with van der Waals surface area (Å²) in [5.41, 5.74) is 3.18. The van der Waals surface area contributed by atoms with Crippen LogP contribution in [0.15, 0.2) is 34.1 Å². The molecule has 1 fully saturated rings. The van der Waals surface area contributed by atoms with Crippen LogP contribution in [0.5, 0.6) is 0 Å². The van der Waals surface area contributed by atoms with Crippen LogP contribution in [0.25, 0.3) is 0 Å². The number of amides is 1. The van der Waals surface area contributed by atoms with E-state index in [0.29, 0.717) is 6.54 Å². The Balaban J connectivity index is 1.50. The fourth-order valence-corrected chi connectivity index (χ4v) is 4.92. The van der Waals surface area contributed by atoms with E-state index in [-0.39, 0.29) is 5.91 Å². The largest absolute Gasteiger partial charge is 0.324 e. The van der Waals surface area contributed by atoms with Gasteiger partial charge in [0.1, 0.15) is 0 Å². The van der Waals surface area contributed by atoms with Crippen molar-refractivity contribution in [1.82, 2.24) is 9.80 Å². The van der Waals surface area contributed by atoms with Crippen molar-refractivity contribution in [3.8, 4) is 0 Å². The van der Waals surface area contributed by atoms with Gasteiger partial charge in [-0.3, -0.25) is 14.6 Å². The molecule has 6 heteroatoms. The Morgan fingerprint density at radius 2 is 1.77 bits per heavy atom. The summed E-state index contributed by atoms with van der Waals surface area (Å²) in [5.74, 6) is 0.0815.